The van der Waals surface area contributed by atoms with E-state index in [0.29, 0.717) is 12.2 Å². The van der Waals surface area contributed by atoms with E-state index >= 15 is 0 Å². The number of amides is 1. The second-order valence-electron chi connectivity index (χ2n) is 5.95. The van der Waals surface area contributed by atoms with Crippen molar-refractivity contribution in [3.8, 4) is 0 Å². The Morgan fingerprint density at radius 2 is 1.85 bits per heavy atom. The van der Waals surface area contributed by atoms with Crippen molar-refractivity contribution in [2.24, 2.45) is 0 Å². The zero-order valence-corrected chi connectivity index (χ0v) is 17.0. The van der Waals surface area contributed by atoms with Crippen LogP contribution in [0.2, 0.25) is 0 Å². The molecule has 0 radical (unpaired) electrons. The highest BCUT2D eigenvalue weighted by atomic mass is 79.9. The summed E-state index contributed by atoms with van der Waals surface area (Å²) in [5.74, 6) is 0.623. The molecule has 0 atom stereocenters. The summed E-state index contributed by atoms with van der Waals surface area (Å²) in [7, 11) is 0. The first-order valence-electron chi connectivity index (χ1n) is 8.49. The number of nitrogens with one attached hydrogen (secondary N) is 1. The van der Waals surface area contributed by atoms with Crippen LogP contribution in [-0.4, -0.2) is 20.6 Å². The van der Waals surface area contributed by atoms with Gasteiger partial charge < -0.3 is 15.0 Å². The van der Waals surface area contributed by atoms with Crippen LogP contribution < -0.4 is 5.32 Å². The van der Waals surface area contributed by atoms with Gasteiger partial charge in [-0.15, -0.1) is 0 Å². The molecule has 0 fully saturated rings. The first-order valence-corrected chi connectivity index (χ1v) is 10.3. The second kappa shape index (κ2) is 9.73. The largest absolute Gasteiger partial charge is 0.390 e. The second-order valence-corrected chi connectivity index (χ2v) is 7.81. The first kappa shape index (κ1) is 19.7. The molecule has 0 aliphatic carbocycles. The fraction of sp³-hybridized carbons (Fsp3) is 0.200. The zero-order chi connectivity index (χ0) is 19.1. The summed E-state index contributed by atoms with van der Waals surface area (Å²) < 4.78 is 2.81. The van der Waals surface area contributed by atoms with Crippen LogP contribution in [0.25, 0.3) is 0 Å². The van der Waals surface area contributed by atoms with Gasteiger partial charge in [-0.3, -0.25) is 4.79 Å². The van der Waals surface area contributed by atoms with Crippen molar-refractivity contribution in [2.75, 3.05) is 0 Å². The lowest BCUT2D eigenvalue weighted by Gasteiger charge is -2.11. The molecule has 0 aliphatic rings. The van der Waals surface area contributed by atoms with Crippen LogP contribution in [0.1, 0.15) is 16.8 Å². The van der Waals surface area contributed by atoms with Crippen LogP contribution >= 0.6 is 27.7 Å². The molecular weight excluding hydrogens is 426 g/mol. The van der Waals surface area contributed by atoms with Crippen LogP contribution in [0.5, 0.6) is 0 Å². The van der Waals surface area contributed by atoms with Crippen molar-refractivity contribution in [2.45, 2.75) is 30.6 Å². The first-order chi connectivity index (χ1) is 13.2. The number of imidazole rings is 1. The van der Waals surface area contributed by atoms with E-state index in [1.165, 1.54) is 0 Å². The number of rotatable bonds is 8. The number of benzene rings is 2. The molecule has 0 bridgehead atoms. The smallest absolute Gasteiger partial charge is 0.240 e. The monoisotopic (exact) mass is 445 g/mol. The number of nitrogens with zero attached hydrogens (tertiary/aromatic N) is 2. The van der Waals surface area contributed by atoms with Gasteiger partial charge in [0.15, 0.2) is 5.16 Å². The van der Waals surface area contributed by atoms with Crippen LogP contribution in [-0.2, 0) is 30.2 Å². The van der Waals surface area contributed by atoms with Crippen LogP contribution in [0.3, 0.4) is 0 Å². The number of aromatic nitrogens is 2. The van der Waals surface area contributed by atoms with Gasteiger partial charge in [0.25, 0.3) is 0 Å². The van der Waals surface area contributed by atoms with Crippen LogP contribution in [0, 0.1) is 0 Å². The molecule has 0 saturated carbocycles. The number of hydrogen-bond acceptors (Lipinski definition) is 4. The Balaban J connectivity index is 1.62. The lowest BCUT2D eigenvalue weighted by atomic mass is 10.2. The van der Waals surface area contributed by atoms with Crippen molar-refractivity contribution < 1.29 is 9.90 Å². The van der Waals surface area contributed by atoms with Gasteiger partial charge in [-0.05, 0) is 23.3 Å². The lowest BCUT2D eigenvalue weighted by molar-refractivity contribution is -0.122. The van der Waals surface area contributed by atoms with Crippen molar-refractivity contribution in [1.82, 2.24) is 14.9 Å². The Labute approximate surface area is 171 Å². The summed E-state index contributed by atoms with van der Waals surface area (Å²) in [5.41, 5.74) is 2.84. The van der Waals surface area contributed by atoms with E-state index in [1.807, 2.05) is 54.6 Å². The number of aliphatic hydroxyl groups excluding tert-OH is 1. The molecule has 27 heavy (non-hydrogen) atoms. The zero-order valence-electron chi connectivity index (χ0n) is 14.6. The van der Waals surface area contributed by atoms with E-state index in [4.69, 9.17) is 0 Å². The predicted molar refractivity (Wildman–Crippen MR) is 110 cm³/mol. The number of hydrogen-bond donors (Lipinski definition) is 2. The van der Waals surface area contributed by atoms with Gasteiger partial charge >= 0.3 is 0 Å². The molecule has 3 aromatic rings. The normalized spacial score (nSPS) is 10.7. The molecule has 0 saturated heterocycles. The average Bonchev–Trinajstić information content (AvgIpc) is 3.08. The van der Waals surface area contributed by atoms with Gasteiger partial charge in [0.2, 0.25) is 5.91 Å². The van der Waals surface area contributed by atoms with Crippen molar-refractivity contribution in [3.05, 3.63) is 82.1 Å². The quantitative estimate of drug-likeness (QED) is 0.518. The van der Waals surface area contributed by atoms with Crippen molar-refractivity contribution in [1.29, 1.82) is 0 Å². The fourth-order valence-corrected chi connectivity index (χ4v) is 3.74. The molecular formula is C20H20BrN3O2S. The standard InChI is InChI=1S/C20H20BrN3O2S/c21-17-8-6-16(7-9-17)14-27-20-23-11-18(13-25)24(20)12-19(26)22-10-15-4-2-1-3-5-15/h1-9,11,25H,10,12-14H2,(H,22,26). The average molecular weight is 446 g/mol. The van der Waals surface area contributed by atoms with E-state index in [9.17, 15) is 9.90 Å². The Morgan fingerprint density at radius 1 is 1.11 bits per heavy atom. The Bertz CT molecular complexity index is 882. The van der Waals surface area contributed by atoms with Crippen LogP contribution in [0.4, 0.5) is 0 Å². The van der Waals surface area contributed by atoms with Gasteiger partial charge in [-0.2, -0.15) is 0 Å². The fourth-order valence-electron chi connectivity index (χ4n) is 2.53. The van der Waals surface area contributed by atoms with Gasteiger partial charge in [0, 0.05) is 16.8 Å². The highest BCUT2D eigenvalue weighted by molar-refractivity contribution is 9.10. The van der Waals surface area contributed by atoms with E-state index in [0.717, 1.165) is 26.5 Å². The minimum absolute atomic E-state index is 0.114. The maximum absolute atomic E-state index is 12.4. The molecule has 0 unspecified atom stereocenters. The number of carbonyl (C=O) groups excluding carboxylic acids is 1. The summed E-state index contributed by atoms with van der Waals surface area (Å²) in [4.78, 5) is 16.7. The molecule has 140 valence electrons. The maximum atomic E-state index is 12.4. The SMILES string of the molecule is O=C(Cn1c(CO)cnc1SCc1ccc(Br)cc1)NCc1ccccc1. The number of aliphatic hydroxyl groups is 1. The van der Waals surface area contributed by atoms with Gasteiger partial charge in [0.05, 0.1) is 18.5 Å². The molecule has 1 aromatic heterocycles. The van der Waals surface area contributed by atoms with Gasteiger partial charge in [-0.25, -0.2) is 4.98 Å². The molecule has 0 spiro atoms. The summed E-state index contributed by atoms with van der Waals surface area (Å²) in [5, 5.41) is 13.2. The maximum Gasteiger partial charge on any atom is 0.240 e. The lowest BCUT2D eigenvalue weighted by Crippen LogP contribution is -2.28. The molecule has 2 aromatic carbocycles. The Kier molecular flexibility index (Phi) is 7.09. The van der Waals surface area contributed by atoms with E-state index in [2.05, 4.69) is 26.2 Å². The summed E-state index contributed by atoms with van der Waals surface area (Å²) in [6.07, 6.45) is 1.62. The highest BCUT2D eigenvalue weighted by Gasteiger charge is 2.13. The minimum atomic E-state index is -0.155. The van der Waals surface area contributed by atoms with E-state index in [1.54, 1.807) is 22.5 Å². The van der Waals surface area contributed by atoms with Gasteiger partial charge in [-0.1, -0.05) is 70.2 Å². The minimum Gasteiger partial charge on any atom is -0.390 e. The van der Waals surface area contributed by atoms with Crippen molar-refractivity contribution >= 4 is 33.6 Å². The topological polar surface area (TPSA) is 67.2 Å². The highest BCUT2D eigenvalue weighted by Crippen LogP contribution is 2.24. The Morgan fingerprint density at radius 3 is 2.56 bits per heavy atom. The number of thioether (sulfide) groups is 1. The van der Waals surface area contributed by atoms with Crippen LogP contribution in [0.15, 0.2) is 70.4 Å². The molecule has 1 heterocycles. The Hall–Kier alpha value is -2.09. The third-order valence-electron chi connectivity index (χ3n) is 3.98. The molecule has 5 nitrogen and oxygen atoms in total. The molecule has 3 rings (SSSR count). The molecule has 2 N–H and O–H groups in total. The number of carbonyl (C=O) groups is 1. The molecule has 0 aliphatic heterocycles. The third kappa shape index (κ3) is 5.69. The van der Waals surface area contributed by atoms with Gasteiger partial charge in [0.1, 0.15) is 6.54 Å². The van der Waals surface area contributed by atoms with E-state index < -0.39 is 0 Å². The summed E-state index contributed by atoms with van der Waals surface area (Å²) >= 11 is 4.97. The van der Waals surface area contributed by atoms with Crippen molar-refractivity contribution in [3.63, 3.8) is 0 Å². The summed E-state index contributed by atoms with van der Waals surface area (Å²) in [6.45, 7) is 0.452. The van der Waals surface area contributed by atoms with E-state index in [-0.39, 0.29) is 19.1 Å². The molecule has 1 amide bonds. The predicted octanol–water partition coefficient (Wildman–Crippen LogP) is 3.75. The summed E-state index contributed by atoms with van der Waals surface area (Å²) in [6, 6.07) is 17.9. The third-order valence-corrected chi connectivity index (χ3v) is 5.57. The number of halogens is 1. The molecule has 7 heteroatoms.